The third kappa shape index (κ3) is 3.58. The Bertz CT molecular complexity index is 534. The van der Waals surface area contributed by atoms with Gasteiger partial charge in [-0.25, -0.2) is 0 Å². The largest absolute Gasteiger partial charge is 0.496 e. The van der Waals surface area contributed by atoms with E-state index in [0.717, 1.165) is 11.3 Å². The first-order chi connectivity index (χ1) is 9.20. The van der Waals surface area contributed by atoms with Crippen molar-refractivity contribution in [2.45, 2.75) is 25.9 Å². The lowest BCUT2D eigenvalue weighted by molar-refractivity contribution is 0.174. The summed E-state index contributed by atoms with van der Waals surface area (Å²) in [6.45, 7) is 2.07. The highest BCUT2D eigenvalue weighted by Gasteiger charge is 2.11. The summed E-state index contributed by atoms with van der Waals surface area (Å²) in [7, 11) is 1.66. The molecular formula is C17H20O2. The summed E-state index contributed by atoms with van der Waals surface area (Å²) >= 11 is 0. The molecule has 0 aromatic heterocycles. The first-order valence-electron chi connectivity index (χ1n) is 6.55. The molecule has 2 rings (SSSR count). The summed E-state index contributed by atoms with van der Waals surface area (Å²) in [5, 5.41) is 10.2. The van der Waals surface area contributed by atoms with E-state index in [1.165, 1.54) is 11.1 Å². The van der Waals surface area contributed by atoms with E-state index in [-0.39, 0.29) is 0 Å². The Hall–Kier alpha value is -1.80. The molecule has 19 heavy (non-hydrogen) atoms. The van der Waals surface area contributed by atoms with Gasteiger partial charge in [0.2, 0.25) is 0 Å². The number of ether oxygens (including phenoxy) is 1. The molecule has 2 aromatic rings. The summed E-state index contributed by atoms with van der Waals surface area (Å²) in [5.74, 6) is 0.839. The van der Waals surface area contributed by atoms with E-state index in [4.69, 9.17) is 4.74 Å². The lowest BCUT2D eigenvalue weighted by atomic mass is 9.98. The predicted molar refractivity (Wildman–Crippen MR) is 77.6 cm³/mol. The minimum absolute atomic E-state index is 0.391. The number of hydrogen-bond acceptors (Lipinski definition) is 2. The van der Waals surface area contributed by atoms with Crippen molar-refractivity contribution in [3.8, 4) is 5.75 Å². The van der Waals surface area contributed by atoms with Crippen molar-refractivity contribution in [1.82, 2.24) is 0 Å². The van der Waals surface area contributed by atoms with Crippen molar-refractivity contribution in [3.05, 3.63) is 65.2 Å². The van der Waals surface area contributed by atoms with E-state index in [0.29, 0.717) is 12.8 Å². The molecule has 0 aliphatic carbocycles. The van der Waals surface area contributed by atoms with Crippen LogP contribution in [0.1, 0.15) is 16.7 Å². The van der Waals surface area contributed by atoms with E-state index in [9.17, 15) is 5.11 Å². The maximum Gasteiger partial charge on any atom is 0.122 e. The molecule has 0 spiro atoms. The Morgan fingerprint density at radius 3 is 2.21 bits per heavy atom. The van der Waals surface area contributed by atoms with Gasteiger partial charge in [0.05, 0.1) is 13.2 Å². The lowest BCUT2D eigenvalue weighted by Crippen LogP contribution is -2.15. The summed E-state index contributed by atoms with van der Waals surface area (Å²) < 4.78 is 5.31. The number of methoxy groups -OCH3 is 1. The average molecular weight is 256 g/mol. The van der Waals surface area contributed by atoms with Gasteiger partial charge in [0.15, 0.2) is 0 Å². The van der Waals surface area contributed by atoms with Gasteiger partial charge in [0, 0.05) is 6.42 Å². The number of aryl methyl sites for hydroxylation is 1. The van der Waals surface area contributed by atoms with Gasteiger partial charge < -0.3 is 9.84 Å². The zero-order chi connectivity index (χ0) is 13.7. The molecule has 0 aliphatic rings. The SMILES string of the molecule is COc1ccccc1CC(O)Cc1ccccc1C. The molecule has 0 radical (unpaired) electrons. The quantitative estimate of drug-likeness (QED) is 0.890. The van der Waals surface area contributed by atoms with Crippen LogP contribution in [0.4, 0.5) is 0 Å². The van der Waals surface area contributed by atoms with Crippen molar-refractivity contribution >= 4 is 0 Å². The maximum absolute atomic E-state index is 10.2. The van der Waals surface area contributed by atoms with E-state index in [1.807, 2.05) is 36.4 Å². The summed E-state index contributed by atoms with van der Waals surface area (Å²) in [5.41, 5.74) is 3.47. The Morgan fingerprint density at radius 1 is 0.947 bits per heavy atom. The van der Waals surface area contributed by atoms with Gasteiger partial charge in [-0.1, -0.05) is 42.5 Å². The van der Waals surface area contributed by atoms with E-state index < -0.39 is 6.10 Å². The summed E-state index contributed by atoms with van der Waals surface area (Å²) in [6.07, 6.45) is 0.890. The van der Waals surface area contributed by atoms with Crippen molar-refractivity contribution in [2.75, 3.05) is 7.11 Å². The molecule has 0 fully saturated rings. The molecule has 100 valence electrons. The van der Waals surface area contributed by atoms with Gasteiger partial charge >= 0.3 is 0 Å². The fraction of sp³-hybridized carbons (Fsp3) is 0.294. The van der Waals surface area contributed by atoms with E-state index in [1.54, 1.807) is 7.11 Å². The molecule has 0 aliphatic heterocycles. The van der Waals surface area contributed by atoms with Crippen molar-refractivity contribution in [2.24, 2.45) is 0 Å². The normalized spacial score (nSPS) is 12.2. The van der Waals surface area contributed by atoms with Crippen LogP contribution in [0, 0.1) is 6.92 Å². The highest BCUT2D eigenvalue weighted by Crippen LogP contribution is 2.20. The topological polar surface area (TPSA) is 29.5 Å². The number of hydrogen-bond donors (Lipinski definition) is 1. The molecule has 0 saturated carbocycles. The standard InChI is InChI=1S/C17H20O2/c1-13-7-3-4-8-14(13)11-16(18)12-15-9-5-6-10-17(15)19-2/h3-10,16,18H,11-12H2,1-2H3. The van der Waals surface area contributed by atoms with Crippen molar-refractivity contribution in [3.63, 3.8) is 0 Å². The fourth-order valence-corrected chi connectivity index (χ4v) is 2.29. The zero-order valence-corrected chi connectivity index (χ0v) is 11.5. The number of rotatable bonds is 5. The number of benzene rings is 2. The minimum Gasteiger partial charge on any atom is -0.496 e. The predicted octanol–water partition coefficient (Wildman–Crippen LogP) is 3.15. The monoisotopic (exact) mass is 256 g/mol. The lowest BCUT2D eigenvalue weighted by Gasteiger charge is -2.14. The van der Waals surface area contributed by atoms with Crippen LogP contribution in [-0.2, 0) is 12.8 Å². The Kier molecular flexibility index (Phi) is 4.58. The molecule has 1 N–H and O–H groups in total. The number of para-hydroxylation sites is 1. The first kappa shape index (κ1) is 13.6. The molecule has 0 amide bonds. The summed E-state index contributed by atoms with van der Waals surface area (Å²) in [6, 6.07) is 16.0. The maximum atomic E-state index is 10.2. The minimum atomic E-state index is -0.391. The highest BCUT2D eigenvalue weighted by molar-refractivity contribution is 5.34. The van der Waals surface area contributed by atoms with Gasteiger partial charge in [-0.3, -0.25) is 0 Å². The molecule has 0 heterocycles. The fourth-order valence-electron chi connectivity index (χ4n) is 2.29. The third-order valence-electron chi connectivity index (χ3n) is 3.36. The van der Waals surface area contributed by atoms with Gasteiger partial charge in [0.1, 0.15) is 5.75 Å². The second kappa shape index (κ2) is 6.39. The molecule has 2 aromatic carbocycles. The second-order valence-electron chi connectivity index (χ2n) is 4.80. The third-order valence-corrected chi connectivity index (χ3v) is 3.36. The van der Waals surface area contributed by atoms with Crippen molar-refractivity contribution in [1.29, 1.82) is 0 Å². The molecule has 1 unspecified atom stereocenters. The van der Waals surface area contributed by atoms with Crippen LogP contribution >= 0.6 is 0 Å². The smallest absolute Gasteiger partial charge is 0.122 e. The molecule has 0 saturated heterocycles. The van der Waals surface area contributed by atoms with Crippen LogP contribution in [0.5, 0.6) is 5.75 Å². The van der Waals surface area contributed by atoms with Gasteiger partial charge in [-0.2, -0.15) is 0 Å². The first-order valence-corrected chi connectivity index (χ1v) is 6.55. The Morgan fingerprint density at radius 2 is 1.53 bits per heavy atom. The molecule has 0 bridgehead atoms. The van der Waals surface area contributed by atoms with Crippen LogP contribution in [0.3, 0.4) is 0 Å². The zero-order valence-electron chi connectivity index (χ0n) is 11.5. The van der Waals surface area contributed by atoms with Gasteiger partial charge in [-0.15, -0.1) is 0 Å². The van der Waals surface area contributed by atoms with Crippen LogP contribution in [0.25, 0.3) is 0 Å². The molecule has 2 nitrogen and oxygen atoms in total. The molecular weight excluding hydrogens is 236 g/mol. The van der Waals surface area contributed by atoms with Crippen LogP contribution in [0.2, 0.25) is 0 Å². The van der Waals surface area contributed by atoms with Crippen LogP contribution in [0.15, 0.2) is 48.5 Å². The highest BCUT2D eigenvalue weighted by atomic mass is 16.5. The Balaban J connectivity index is 2.05. The molecule has 1 atom stereocenters. The Labute approximate surface area is 114 Å². The number of aliphatic hydroxyl groups is 1. The van der Waals surface area contributed by atoms with Crippen LogP contribution < -0.4 is 4.74 Å². The average Bonchev–Trinajstić information content (AvgIpc) is 2.42. The van der Waals surface area contributed by atoms with Gasteiger partial charge in [-0.05, 0) is 36.1 Å². The summed E-state index contributed by atoms with van der Waals surface area (Å²) in [4.78, 5) is 0. The van der Waals surface area contributed by atoms with E-state index >= 15 is 0 Å². The van der Waals surface area contributed by atoms with Gasteiger partial charge in [0.25, 0.3) is 0 Å². The molecule has 2 heteroatoms. The van der Waals surface area contributed by atoms with E-state index in [2.05, 4.69) is 19.1 Å². The van der Waals surface area contributed by atoms with Crippen LogP contribution in [-0.4, -0.2) is 18.3 Å². The second-order valence-corrected chi connectivity index (χ2v) is 4.80. The van der Waals surface area contributed by atoms with Crippen molar-refractivity contribution < 1.29 is 9.84 Å². The number of aliphatic hydroxyl groups excluding tert-OH is 1.